The third-order valence-corrected chi connectivity index (χ3v) is 6.04. The van der Waals surface area contributed by atoms with E-state index < -0.39 is 0 Å². The summed E-state index contributed by atoms with van der Waals surface area (Å²) in [4.78, 5) is 0. The van der Waals surface area contributed by atoms with Gasteiger partial charge < -0.3 is 29.2 Å². The summed E-state index contributed by atoms with van der Waals surface area (Å²) in [6.07, 6.45) is 5.12. The van der Waals surface area contributed by atoms with Crippen LogP contribution in [0.4, 0.5) is 0 Å². The molecule has 0 radical (unpaired) electrons. The highest BCUT2D eigenvalue weighted by atomic mass is 16.5. The Labute approximate surface area is 192 Å². The Bertz CT molecular complexity index is 807. The van der Waals surface area contributed by atoms with Gasteiger partial charge in [0, 0.05) is 13.2 Å². The van der Waals surface area contributed by atoms with Crippen molar-refractivity contribution in [3.05, 3.63) is 47.5 Å². The molecule has 0 saturated carbocycles. The normalized spacial score (nSPS) is 12.8. The predicted octanol–water partition coefficient (Wildman–Crippen LogP) is 4.28. The molecule has 0 unspecified atom stereocenters. The van der Waals surface area contributed by atoms with E-state index in [-0.39, 0.29) is 19.1 Å². The molecule has 0 fully saturated rings. The molecule has 0 aliphatic carbocycles. The minimum Gasteiger partial charge on any atom is -0.493 e. The van der Waals surface area contributed by atoms with Crippen LogP contribution in [0, 0.1) is 11.8 Å². The summed E-state index contributed by atoms with van der Waals surface area (Å²) in [5.74, 6) is 3.48. The average Bonchev–Trinajstić information content (AvgIpc) is 2.83. The van der Waals surface area contributed by atoms with Crippen LogP contribution in [0.2, 0.25) is 0 Å². The minimum absolute atomic E-state index is 0.139. The summed E-state index contributed by atoms with van der Waals surface area (Å²) in [6.45, 7) is 0.337. The average molecular weight is 447 g/mol. The van der Waals surface area contributed by atoms with Crippen LogP contribution in [0.3, 0.4) is 0 Å². The smallest absolute Gasteiger partial charge is 0.160 e. The molecular formula is C26H38O6. The van der Waals surface area contributed by atoms with Crippen molar-refractivity contribution in [2.75, 3.05) is 41.7 Å². The van der Waals surface area contributed by atoms with E-state index in [1.165, 1.54) is 5.56 Å². The van der Waals surface area contributed by atoms with Crippen molar-refractivity contribution < 1.29 is 29.2 Å². The first kappa shape index (κ1) is 25.8. The molecule has 2 aromatic rings. The summed E-state index contributed by atoms with van der Waals surface area (Å²) in [5, 5.41) is 19.1. The van der Waals surface area contributed by atoms with Crippen molar-refractivity contribution in [1.29, 1.82) is 0 Å². The lowest BCUT2D eigenvalue weighted by atomic mass is 9.78. The van der Waals surface area contributed by atoms with Crippen LogP contribution in [0.15, 0.2) is 36.4 Å². The van der Waals surface area contributed by atoms with Gasteiger partial charge in [0.25, 0.3) is 0 Å². The van der Waals surface area contributed by atoms with Crippen LogP contribution in [0.1, 0.15) is 36.8 Å². The molecule has 0 spiro atoms. The van der Waals surface area contributed by atoms with Crippen molar-refractivity contribution in [2.45, 2.75) is 38.5 Å². The molecule has 2 atom stereocenters. The Balaban J connectivity index is 2.27. The molecule has 0 aliphatic heterocycles. The number of hydrogen-bond donors (Lipinski definition) is 2. The number of aliphatic hydroxyl groups is 2. The zero-order valence-corrected chi connectivity index (χ0v) is 19.8. The highest BCUT2D eigenvalue weighted by Crippen LogP contribution is 2.34. The molecule has 6 heteroatoms. The summed E-state index contributed by atoms with van der Waals surface area (Å²) in [6, 6.07) is 12.1. The highest BCUT2D eigenvalue weighted by Gasteiger charge is 2.23. The van der Waals surface area contributed by atoms with Gasteiger partial charge >= 0.3 is 0 Å². The maximum atomic E-state index is 9.81. The standard InChI is InChI=1S/C26H38O6/c1-29-23-10-8-19(17-25(23)31-3)15-21(7-5-6-13-27)22(12-14-28)16-20-9-11-24(30-2)26(18-20)32-4/h8-11,17-18,21-22,27-28H,5-7,12-16H2,1-4H3/t21-,22-/m1/s1. The topological polar surface area (TPSA) is 77.4 Å². The zero-order valence-electron chi connectivity index (χ0n) is 19.8. The van der Waals surface area contributed by atoms with Gasteiger partial charge in [-0.15, -0.1) is 0 Å². The monoisotopic (exact) mass is 446 g/mol. The van der Waals surface area contributed by atoms with Crippen LogP contribution in [0.25, 0.3) is 0 Å². The van der Waals surface area contributed by atoms with Crippen LogP contribution in [0.5, 0.6) is 23.0 Å². The molecule has 2 aromatic carbocycles. The van der Waals surface area contributed by atoms with E-state index in [1.807, 2.05) is 24.3 Å². The first-order chi connectivity index (χ1) is 15.6. The zero-order chi connectivity index (χ0) is 23.3. The van der Waals surface area contributed by atoms with Crippen molar-refractivity contribution in [1.82, 2.24) is 0 Å². The van der Waals surface area contributed by atoms with Gasteiger partial charge in [-0.2, -0.15) is 0 Å². The van der Waals surface area contributed by atoms with E-state index in [4.69, 9.17) is 18.9 Å². The molecule has 0 aromatic heterocycles. The highest BCUT2D eigenvalue weighted by molar-refractivity contribution is 5.44. The molecule has 0 aliphatic rings. The molecule has 2 rings (SSSR count). The predicted molar refractivity (Wildman–Crippen MR) is 126 cm³/mol. The van der Waals surface area contributed by atoms with Gasteiger partial charge in [-0.25, -0.2) is 0 Å². The molecule has 2 N–H and O–H groups in total. The van der Waals surface area contributed by atoms with E-state index in [0.717, 1.165) is 43.4 Å². The number of benzene rings is 2. The lowest BCUT2D eigenvalue weighted by molar-refractivity contribution is 0.203. The van der Waals surface area contributed by atoms with Crippen LogP contribution in [-0.4, -0.2) is 51.9 Å². The lowest BCUT2D eigenvalue weighted by Gasteiger charge is -2.28. The van der Waals surface area contributed by atoms with Gasteiger partial charge in [-0.3, -0.25) is 0 Å². The fraction of sp³-hybridized carbons (Fsp3) is 0.538. The first-order valence-corrected chi connectivity index (χ1v) is 11.2. The third-order valence-electron chi connectivity index (χ3n) is 6.04. The SMILES string of the molecule is COc1ccc(C[C@@H](CCO)[C@H](CCCCO)Cc2ccc(OC)c(OC)c2)cc1OC. The lowest BCUT2D eigenvalue weighted by Crippen LogP contribution is -2.21. The Kier molecular flexibility index (Phi) is 11.2. The van der Waals surface area contributed by atoms with E-state index >= 15 is 0 Å². The molecule has 6 nitrogen and oxygen atoms in total. The van der Waals surface area contributed by atoms with Gasteiger partial charge in [-0.05, 0) is 79.3 Å². The van der Waals surface area contributed by atoms with Crippen molar-refractivity contribution in [3.63, 3.8) is 0 Å². The van der Waals surface area contributed by atoms with E-state index in [1.54, 1.807) is 28.4 Å². The van der Waals surface area contributed by atoms with Gasteiger partial charge in [0.2, 0.25) is 0 Å². The van der Waals surface area contributed by atoms with Gasteiger partial charge in [-0.1, -0.05) is 18.6 Å². The molecule has 0 heterocycles. The Morgan fingerprint density at radius 3 is 1.47 bits per heavy atom. The quantitative estimate of drug-likeness (QED) is 0.398. The molecule has 0 amide bonds. The molecule has 0 bridgehead atoms. The number of unbranched alkanes of at least 4 members (excludes halogenated alkanes) is 1. The van der Waals surface area contributed by atoms with Crippen molar-refractivity contribution in [2.24, 2.45) is 11.8 Å². The Hall–Kier alpha value is -2.44. The summed E-state index contributed by atoms with van der Waals surface area (Å²) < 4.78 is 21.7. The van der Waals surface area contributed by atoms with Crippen molar-refractivity contribution in [3.8, 4) is 23.0 Å². The summed E-state index contributed by atoms with van der Waals surface area (Å²) >= 11 is 0. The van der Waals surface area contributed by atoms with Gasteiger partial charge in [0.05, 0.1) is 28.4 Å². The van der Waals surface area contributed by atoms with Crippen molar-refractivity contribution >= 4 is 0 Å². The Morgan fingerprint density at radius 1 is 0.594 bits per heavy atom. The number of rotatable bonds is 15. The number of aliphatic hydroxyl groups excluding tert-OH is 2. The second-order valence-corrected chi connectivity index (χ2v) is 8.04. The molecule has 178 valence electrons. The second kappa shape index (κ2) is 13.9. The number of ether oxygens (including phenoxy) is 4. The van der Waals surface area contributed by atoms with Gasteiger partial charge in [0.15, 0.2) is 23.0 Å². The number of hydrogen-bond acceptors (Lipinski definition) is 6. The maximum absolute atomic E-state index is 9.81. The molecule has 32 heavy (non-hydrogen) atoms. The Morgan fingerprint density at radius 2 is 1.06 bits per heavy atom. The second-order valence-electron chi connectivity index (χ2n) is 8.04. The van der Waals surface area contributed by atoms with E-state index in [0.29, 0.717) is 29.6 Å². The molecule has 0 saturated heterocycles. The fourth-order valence-corrected chi connectivity index (χ4v) is 4.31. The third kappa shape index (κ3) is 7.31. The van der Waals surface area contributed by atoms with E-state index in [9.17, 15) is 10.2 Å². The maximum Gasteiger partial charge on any atom is 0.160 e. The fourth-order valence-electron chi connectivity index (χ4n) is 4.31. The van der Waals surface area contributed by atoms with Crippen LogP contribution < -0.4 is 18.9 Å². The molecular weight excluding hydrogens is 408 g/mol. The van der Waals surface area contributed by atoms with Crippen LogP contribution >= 0.6 is 0 Å². The minimum atomic E-state index is 0.139. The van der Waals surface area contributed by atoms with Crippen LogP contribution in [-0.2, 0) is 12.8 Å². The van der Waals surface area contributed by atoms with E-state index in [2.05, 4.69) is 12.1 Å². The first-order valence-electron chi connectivity index (χ1n) is 11.2. The van der Waals surface area contributed by atoms with Gasteiger partial charge in [0.1, 0.15) is 0 Å². The number of methoxy groups -OCH3 is 4. The summed E-state index contributed by atoms with van der Waals surface area (Å²) in [7, 11) is 6.55. The summed E-state index contributed by atoms with van der Waals surface area (Å²) in [5.41, 5.74) is 2.33. The largest absolute Gasteiger partial charge is 0.493 e.